The Morgan fingerprint density at radius 2 is 1.71 bits per heavy atom. The van der Waals surface area contributed by atoms with Gasteiger partial charge in [0.1, 0.15) is 0 Å². The van der Waals surface area contributed by atoms with Gasteiger partial charge < -0.3 is 5.73 Å². The molecule has 2 N–H and O–H groups in total. The third-order valence-corrected chi connectivity index (χ3v) is 4.26. The van der Waals surface area contributed by atoms with Crippen molar-refractivity contribution >= 4 is 19.2 Å². The molecule has 0 fully saturated rings. The van der Waals surface area contributed by atoms with Crippen molar-refractivity contribution in [2.75, 3.05) is 0 Å². The van der Waals surface area contributed by atoms with Crippen LogP contribution in [0, 0.1) is 0 Å². The zero-order valence-electron chi connectivity index (χ0n) is 9.00. The van der Waals surface area contributed by atoms with E-state index < -0.39 is 8.07 Å². The van der Waals surface area contributed by atoms with E-state index in [1.807, 2.05) is 12.1 Å². The second-order valence-electron chi connectivity index (χ2n) is 4.59. The molecule has 0 aliphatic heterocycles. The number of primary amides is 1. The van der Waals surface area contributed by atoms with Crippen molar-refractivity contribution in [3.63, 3.8) is 0 Å². The van der Waals surface area contributed by atoms with E-state index in [0.717, 1.165) is 5.56 Å². The van der Waals surface area contributed by atoms with E-state index in [-0.39, 0.29) is 5.91 Å². The summed E-state index contributed by atoms with van der Waals surface area (Å²) in [6, 6.07) is 8.23. The fraction of sp³-hybridized carbons (Fsp3) is 0.364. The quantitative estimate of drug-likeness (QED) is 0.745. The summed E-state index contributed by atoms with van der Waals surface area (Å²) in [5.74, 6) is -0.272. The molecule has 76 valence electrons. The van der Waals surface area contributed by atoms with Crippen LogP contribution in [-0.2, 0) is 11.2 Å². The molecule has 0 aromatic heterocycles. The first-order valence-corrected chi connectivity index (χ1v) is 8.27. The molecule has 3 heteroatoms. The minimum Gasteiger partial charge on any atom is -0.369 e. The van der Waals surface area contributed by atoms with Crippen molar-refractivity contribution in [2.45, 2.75) is 26.1 Å². The molecule has 0 spiro atoms. The van der Waals surface area contributed by atoms with Crippen molar-refractivity contribution in [3.05, 3.63) is 29.8 Å². The van der Waals surface area contributed by atoms with Crippen LogP contribution >= 0.6 is 0 Å². The fourth-order valence-corrected chi connectivity index (χ4v) is 2.49. The Morgan fingerprint density at radius 1 is 1.21 bits per heavy atom. The Kier molecular flexibility index (Phi) is 3.11. The van der Waals surface area contributed by atoms with E-state index >= 15 is 0 Å². The van der Waals surface area contributed by atoms with Crippen molar-refractivity contribution in [2.24, 2.45) is 5.73 Å². The van der Waals surface area contributed by atoms with Crippen LogP contribution in [0.15, 0.2) is 24.3 Å². The maximum atomic E-state index is 10.7. The number of hydrogen-bond donors (Lipinski definition) is 1. The molecule has 2 nitrogen and oxygen atoms in total. The lowest BCUT2D eigenvalue weighted by molar-refractivity contribution is -0.117. The highest BCUT2D eigenvalue weighted by Crippen LogP contribution is 2.04. The predicted octanol–water partition coefficient (Wildman–Crippen LogP) is 1.26. The summed E-state index contributed by atoms with van der Waals surface area (Å²) >= 11 is 0. The third-order valence-electron chi connectivity index (χ3n) is 2.20. The molecule has 0 bridgehead atoms. The molecule has 0 atom stereocenters. The van der Waals surface area contributed by atoms with Gasteiger partial charge in [-0.1, -0.05) is 49.1 Å². The van der Waals surface area contributed by atoms with Gasteiger partial charge in [-0.3, -0.25) is 4.79 Å². The van der Waals surface area contributed by atoms with Crippen molar-refractivity contribution < 1.29 is 4.79 Å². The van der Waals surface area contributed by atoms with Gasteiger partial charge in [0.15, 0.2) is 0 Å². The zero-order chi connectivity index (χ0) is 10.8. The van der Waals surface area contributed by atoms with Crippen LogP contribution in [0.1, 0.15) is 5.56 Å². The summed E-state index contributed by atoms with van der Waals surface area (Å²) in [7, 11) is -1.21. The molecule has 0 saturated heterocycles. The molecular formula is C11H17NOSi. The molecule has 14 heavy (non-hydrogen) atoms. The lowest BCUT2D eigenvalue weighted by Crippen LogP contribution is -2.37. The molecule has 0 saturated carbocycles. The number of rotatable bonds is 3. The number of nitrogens with two attached hydrogens (primary N) is 1. The highest BCUT2D eigenvalue weighted by molar-refractivity contribution is 6.88. The fourth-order valence-electron chi connectivity index (χ4n) is 1.32. The first-order valence-electron chi connectivity index (χ1n) is 4.77. The van der Waals surface area contributed by atoms with Crippen molar-refractivity contribution in [1.82, 2.24) is 0 Å². The van der Waals surface area contributed by atoms with Crippen LogP contribution < -0.4 is 10.9 Å². The average molecular weight is 207 g/mol. The Labute approximate surface area is 86.1 Å². The topological polar surface area (TPSA) is 43.1 Å². The highest BCUT2D eigenvalue weighted by atomic mass is 28.3. The molecule has 1 aromatic rings. The molecule has 0 aliphatic rings. The van der Waals surface area contributed by atoms with Gasteiger partial charge in [-0.25, -0.2) is 0 Å². The predicted molar refractivity (Wildman–Crippen MR) is 62.3 cm³/mol. The Morgan fingerprint density at radius 3 is 2.07 bits per heavy atom. The number of carbonyl (C=O) groups is 1. The van der Waals surface area contributed by atoms with Crippen molar-refractivity contribution in [3.8, 4) is 0 Å². The average Bonchev–Trinajstić information content (AvgIpc) is 2.02. The Hall–Kier alpha value is -1.09. The zero-order valence-corrected chi connectivity index (χ0v) is 10.0. The lowest BCUT2D eigenvalue weighted by atomic mass is 10.1. The van der Waals surface area contributed by atoms with Crippen LogP contribution in [0.25, 0.3) is 0 Å². The van der Waals surface area contributed by atoms with Crippen LogP contribution in [0.2, 0.25) is 19.6 Å². The minimum atomic E-state index is -1.21. The normalized spacial score (nSPS) is 11.4. The largest absolute Gasteiger partial charge is 0.369 e. The van der Waals surface area contributed by atoms with E-state index in [0.29, 0.717) is 6.42 Å². The standard InChI is InChI=1S/C11H17NOSi/c1-14(2,3)10-6-4-9(5-7-10)8-11(12)13/h4-7H,8H2,1-3H3,(H2,12,13). The maximum Gasteiger partial charge on any atom is 0.221 e. The van der Waals surface area contributed by atoms with Crippen LogP contribution in [0.5, 0.6) is 0 Å². The van der Waals surface area contributed by atoms with E-state index in [1.54, 1.807) is 0 Å². The summed E-state index contributed by atoms with van der Waals surface area (Å²) in [4.78, 5) is 10.7. The number of benzene rings is 1. The van der Waals surface area contributed by atoms with Gasteiger partial charge >= 0.3 is 0 Å². The van der Waals surface area contributed by atoms with Gasteiger partial charge in [0, 0.05) is 0 Å². The van der Waals surface area contributed by atoms with Gasteiger partial charge in [-0.2, -0.15) is 0 Å². The van der Waals surface area contributed by atoms with E-state index in [9.17, 15) is 4.79 Å². The first kappa shape index (κ1) is 11.0. The Bertz CT molecular complexity index is 324. The monoisotopic (exact) mass is 207 g/mol. The second-order valence-corrected chi connectivity index (χ2v) is 9.67. The van der Waals surface area contributed by atoms with E-state index in [4.69, 9.17) is 5.73 Å². The third kappa shape index (κ3) is 2.99. The van der Waals surface area contributed by atoms with Gasteiger partial charge in [0.05, 0.1) is 14.5 Å². The molecule has 1 rings (SSSR count). The summed E-state index contributed by atoms with van der Waals surface area (Å²) in [5, 5.41) is 1.41. The van der Waals surface area contributed by atoms with Crippen LogP contribution in [-0.4, -0.2) is 14.0 Å². The number of amides is 1. The van der Waals surface area contributed by atoms with Crippen molar-refractivity contribution in [1.29, 1.82) is 0 Å². The van der Waals surface area contributed by atoms with Crippen LogP contribution in [0.4, 0.5) is 0 Å². The second kappa shape index (κ2) is 3.96. The van der Waals surface area contributed by atoms with Gasteiger partial charge in [0.25, 0.3) is 0 Å². The number of carbonyl (C=O) groups excluding carboxylic acids is 1. The molecular weight excluding hydrogens is 190 g/mol. The summed E-state index contributed by atoms with van der Waals surface area (Å²) in [6.45, 7) is 6.91. The summed E-state index contributed by atoms with van der Waals surface area (Å²) < 4.78 is 0. The molecule has 1 aromatic carbocycles. The number of hydrogen-bond acceptors (Lipinski definition) is 1. The molecule has 0 heterocycles. The molecule has 0 radical (unpaired) electrons. The smallest absolute Gasteiger partial charge is 0.221 e. The maximum absolute atomic E-state index is 10.7. The first-order chi connectivity index (χ1) is 6.39. The van der Waals surface area contributed by atoms with E-state index in [1.165, 1.54) is 5.19 Å². The highest BCUT2D eigenvalue weighted by Gasteiger charge is 2.15. The molecule has 0 unspecified atom stereocenters. The van der Waals surface area contributed by atoms with Gasteiger partial charge in [-0.05, 0) is 5.56 Å². The lowest BCUT2D eigenvalue weighted by Gasteiger charge is -2.16. The molecule has 0 aliphatic carbocycles. The minimum absolute atomic E-state index is 0.272. The summed E-state index contributed by atoms with van der Waals surface area (Å²) in [5.41, 5.74) is 6.12. The van der Waals surface area contributed by atoms with E-state index in [2.05, 4.69) is 31.8 Å². The summed E-state index contributed by atoms with van der Waals surface area (Å²) in [6.07, 6.45) is 0.339. The van der Waals surface area contributed by atoms with Crippen LogP contribution in [0.3, 0.4) is 0 Å². The van der Waals surface area contributed by atoms with Gasteiger partial charge in [0.2, 0.25) is 5.91 Å². The Balaban J connectivity index is 2.84. The molecule has 1 amide bonds. The van der Waals surface area contributed by atoms with Gasteiger partial charge in [-0.15, -0.1) is 0 Å². The SMILES string of the molecule is C[Si](C)(C)c1ccc(CC(N)=O)cc1.